The van der Waals surface area contributed by atoms with E-state index in [1.165, 1.54) is 16.7 Å². The third-order valence-corrected chi connectivity index (χ3v) is 7.41. The molecule has 37 heavy (non-hydrogen) atoms. The van der Waals surface area contributed by atoms with Gasteiger partial charge in [0.25, 0.3) is 0 Å². The van der Waals surface area contributed by atoms with Crippen molar-refractivity contribution in [3.63, 3.8) is 0 Å². The van der Waals surface area contributed by atoms with Gasteiger partial charge in [-0.15, -0.1) is 0 Å². The normalized spacial score (nSPS) is 15.4. The summed E-state index contributed by atoms with van der Waals surface area (Å²) in [6, 6.07) is 10.9. The number of aromatic nitrogens is 5. The lowest BCUT2D eigenvalue weighted by molar-refractivity contribution is 0.446. The standard InChI is InChI=1S/C29H38N8/c1-6-23-17-25(37-28(33-23)27(22(5)34-37)26-19(2)9-7-10-20(26)3)36(18-21(4)30)24-11-15-35(16-12-24)29-31-13-8-14-32-29/h7-10,13-14,17,21,24H,6,11-12,15-16,18,30H2,1-5H3. The number of rotatable bonds is 7. The average Bonchev–Trinajstić information content (AvgIpc) is 3.22. The summed E-state index contributed by atoms with van der Waals surface area (Å²) in [5, 5.41) is 5.07. The molecule has 4 heterocycles. The van der Waals surface area contributed by atoms with Crippen molar-refractivity contribution in [2.24, 2.45) is 5.73 Å². The smallest absolute Gasteiger partial charge is 0.225 e. The van der Waals surface area contributed by atoms with Crippen molar-refractivity contribution in [2.75, 3.05) is 29.4 Å². The Morgan fingerprint density at radius 2 is 1.70 bits per heavy atom. The van der Waals surface area contributed by atoms with E-state index in [1.54, 1.807) is 0 Å². The van der Waals surface area contributed by atoms with Crippen LogP contribution in [0.25, 0.3) is 16.8 Å². The molecule has 1 fully saturated rings. The van der Waals surface area contributed by atoms with Gasteiger partial charge in [0.2, 0.25) is 5.95 Å². The molecule has 1 aromatic carbocycles. The van der Waals surface area contributed by atoms with Gasteiger partial charge in [0, 0.05) is 55.9 Å². The van der Waals surface area contributed by atoms with Gasteiger partial charge < -0.3 is 15.5 Å². The SMILES string of the molecule is CCc1cc(N(CC(C)N)C2CCN(c3ncccn3)CC2)n2nc(C)c(-c3c(C)cccc3C)c2n1. The van der Waals surface area contributed by atoms with Crippen molar-refractivity contribution in [1.82, 2.24) is 24.6 Å². The van der Waals surface area contributed by atoms with Crippen LogP contribution in [0.2, 0.25) is 0 Å². The summed E-state index contributed by atoms with van der Waals surface area (Å²) in [7, 11) is 0. The number of anilines is 2. The van der Waals surface area contributed by atoms with Crippen LogP contribution in [-0.2, 0) is 6.42 Å². The van der Waals surface area contributed by atoms with Crippen LogP contribution in [0.4, 0.5) is 11.8 Å². The molecule has 5 rings (SSSR count). The van der Waals surface area contributed by atoms with E-state index in [0.29, 0.717) is 6.04 Å². The molecule has 0 radical (unpaired) electrons. The van der Waals surface area contributed by atoms with Crippen molar-refractivity contribution in [2.45, 2.75) is 66.0 Å². The van der Waals surface area contributed by atoms with Crippen molar-refractivity contribution in [1.29, 1.82) is 0 Å². The van der Waals surface area contributed by atoms with Crippen LogP contribution in [0, 0.1) is 20.8 Å². The Kier molecular flexibility index (Phi) is 7.11. The minimum atomic E-state index is 0.0264. The first-order chi connectivity index (χ1) is 17.9. The van der Waals surface area contributed by atoms with E-state index in [2.05, 4.69) is 83.2 Å². The maximum atomic E-state index is 6.42. The van der Waals surface area contributed by atoms with Crippen LogP contribution < -0.4 is 15.5 Å². The zero-order chi connectivity index (χ0) is 26.1. The summed E-state index contributed by atoms with van der Waals surface area (Å²) in [6.07, 6.45) is 6.48. The van der Waals surface area contributed by atoms with E-state index in [4.69, 9.17) is 15.8 Å². The lowest BCUT2D eigenvalue weighted by atomic mass is 9.96. The minimum Gasteiger partial charge on any atom is -0.352 e. The Morgan fingerprint density at radius 3 is 2.32 bits per heavy atom. The summed E-state index contributed by atoms with van der Waals surface area (Å²) in [6.45, 7) is 13.3. The molecule has 1 unspecified atom stereocenters. The molecule has 0 amide bonds. The van der Waals surface area contributed by atoms with Gasteiger partial charge in [0.1, 0.15) is 5.82 Å². The Morgan fingerprint density at radius 1 is 1.03 bits per heavy atom. The lowest BCUT2D eigenvalue weighted by Gasteiger charge is -2.40. The number of aryl methyl sites for hydroxylation is 4. The molecular weight excluding hydrogens is 460 g/mol. The van der Waals surface area contributed by atoms with Crippen molar-refractivity contribution in [3.8, 4) is 11.1 Å². The second-order valence-electron chi connectivity index (χ2n) is 10.3. The fourth-order valence-electron chi connectivity index (χ4n) is 5.62. The lowest BCUT2D eigenvalue weighted by Crippen LogP contribution is -2.49. The molecular formula is C29H38N8. The van der Waals surface area contributed by atoms with Crippen LogP contribution in [0.1, 0.15) is 49.2 Å². The fourth-order valence-corrected chi connectivity index (χ4v) is 5.62. The number of nitrogens with two attached hydrogens (primary N) is 1. The molecule has 1 atom stereocenters. The predicted molar refractivity (Wildman–Crippen MR) is 150 cm³/mol. The first-order valence-corrected chi connectivity index (χ1v) is 13.4. The molecule has 1 aliphatic rings. The molecule has 194 valence electrons. The number of benzene rings is 1. The Labute approximate surface area is 219 Å². The maximum absolute atomic E-state index is 6.42. The van der Waals surface area contributed by atoms with Gasteiger partial charge in [-0.25, -0.2) is 15.0 Å². The van der Waals surface area contributed by atoms with Gasteiger partial charge in [0.15, 0.2) is 5.65 Å². The van der Waals surface area contributed by atoms with Crippen LogP contribution in [0.3, 0.4) is 0 Å². The Bertz CT molecular complexity index is 1350. The molecule has 1 saturated heterocycles. The van der Waals surface area contributed by atoms with Crippen molar-refractivity contribution < 1.29 is 0 Å². The van der Waals surface area contributed by atoms with Gasteiger partial charge in [-0.2, -0.15) is 9.61 Å². The Balaban J connectivity index is 1.58. The molecule has 0 saturated carbocycles. The molecule has 4 aromatic rings. The van der Waals surface area contributed by atoms with Crippen molar-refractivity contribution >= 4 is 17.4 Å². The third-order valence-electron chi connectivity index (χ3n) is 7.41. The summed E-state index contributed by atoms with van der Waals surface area (Å²) in [5.74, 6) is 1.88. The molecule has 2 N–H and O–H groups in total. The van der Waals surface area contributed by atoms with Gasteiger partial charge in [-0.05, 0) is 69.7 Å². The monoisotopic (exact) mass is 498 g/mol. The van der Waals surface area contributed by atoms with Gasteiger partial charge >= 0.3 is 0 Å². The number of piperidine rings is 1. The second-order valence-corrected chi connectivity index (χ2v) is 10.3. The topological polar surface area (TPSA) is 88.5 Å². The van der Waals surface area contributed by atoms with Crippen LogP contribution in [0.5, 0.6) is 0 Å². The van der Waals surface area contributed by atoms with Crippen LogP contribution in [0.15, 0.2) is 42.7 Å². The highest BCUT2D eigenvalue weighted by atomic mass is 15.4. The number of nitrogens with zero attached hydrogens (tertiary/aromatic N) is 7. The first-order valence-electron chi connectivity index (χ1n) is 13.4. The highest BCUT2D eigenvalue weighted by molar-refractivity contribution is 5.84. The zero-order valence-corrected chi connectivity index (χ0v) is 22.6. The van der Waals surface area contributed by atoms with Gasteiger partial charge in [0.05, 0.1) is 11.3 Å². The summed E-state index contributed by atoms with van der Waals surface area (Å²) in [5.41, 5.74) is 14.3. The molecule has 8 nitrogen and oxygen atoms in total. The zero-order valence-electron chi connectivity index (χ0n) is 22.6. The van der Waals surface area contributed by atoms with E-state index in [1.807, 2.05) is 18.5 Å². The number of fused-ring (bicyclic) bond motifs is 1. The highest BCUT2D eigenvalue weighted by Gasteiger charge is 2.29. The summed E-state index contributed by atoms with van der Waals surface area (Å²) < 4.78 is 2.06. The van der Waals surface area contributed by atoms with Gasteiger partial charge in [-0.3, -0.25) is 0 Å². The quantitative estimate of drug-likeness (QED) is 0.401. The molecule has 0 aliphatic carbocycles. The number of hydrogen-bond donors (Lipinski definition) is 1. The Hall–Kier alpha value is -3.52. The molecule has 1 aliphatic heterocycles. The maximum Gasteiger partial charge on any atom is 0.225 e. The number of hydrogen-bond acceptors (Lipinski definition) is 7. The van der Waals surface area contributed by atoms with Crippen molar-refractivity contribution in [3.05, 3.63) is 65.2 Å². The van der Waals surface area contributed by atoms with Crippen LogP contribution in [-0.4, -0.2) is 56.3 Å². The molecule has 3 aromatic heterocycles. The third kappa shape index (κ3) is 4.90. The fraction of sp³-hybridized carbons (Fsp3) is 0.448. The summed E-state index contributed by atoms with van der Waals surface area (Å²) >= 11 is 0. The second kappa shape index (κ2) is 10.5. The largest absolute Gasteiger partial charge is 0.352 e. The first kappa shape index (κ1) is 25.1. The average molecular weight is 499 g/mol. The van der Waals surface area contributed by atoms with E-state index < -0.39 is 0 Å². The predicted octanol–water partition coefficient (Wildman–Crippen LogP) is 4.50. The summed E-state index contributed by atoms with van der Waals surface area (Å²) in [4.78, 5) is 18.8. The van der Waals surface area contributed by atoms with E-state index in [0.717, 1.165) is 73.3 Å². The van der Waals surface area contributed by atoms with Gasteiger partial charge in [-0.1, -0.05) is 25.1 Å². The highest BCUT2D eigenvalue weighted by Crippen LogP contribution is 2.35. The van der Waals surface area contributed by atoms with E-state index >= 15 is 0 Å². The minimum absolute atomic E-state index is 0.0264. The molecule has 8 heteroatoms. The van der Waals surface area contributed by atoms with E-state index in [9.17, 15) is 0 Å². The molecule has 0 spiro atoms. The van der Waals surface area contributed by atoms with E-state index in [-0.39, 0.29) is 6.04 Å². The molecule has 0 bridgehead atoms. The van der Waals surface area contributed by atoms with Crippen LogP contribution >= 0.6 is 0 Å².